The molecule has 0 saturated carbocycles. The first-order chi connectivity index (χ1) is 14.6. The number of benzene rings is 3. The number of rotatable bonds is 8. The van der Waals surface area contributed by atoms with Crippen molar-refractivity contribution >= 4 is 43.7 Å². The van der Waals surface area contributed by atoms with E-state index >= 15 is 0 Å². The fourth-order valence-corrected chi connectivity index (χ4v) is 4.02. The molecule has 1 unspecified atom stereocenters. The third kappa shape index (κ3) is 4.20. The van der Waals surface area contributed by atoms with Crippen molar-refractivity contribution in [3.8, 4) is 5.75 Å². The molecule has 5 nitrogen and oxygen atoms in total. The normalized spacial score (nSPS) is 12.3. The molecule has 0 saturated heterocycles. The topological polar surface area (TPSA) is 60.7 Å². The predicted molar refractivity (Wildman–Crippen MR) is 121 cm³/mol. The maximum absolute atomic E-state index is 11.3. The zero-order valence-electron chi connectivity index (χ0n) is 16.5. The predicted octanol–water partition coefficient (Wildman–Crippen LogP) is 5.63. The van der Waals surface area contributed by atoms with Crippen LogP contribution in [0.3, 0.4) is 0 Å². The summed E-state index contributed by atoms with van der Waals surface area (Å²) in [6.07, 6.45) is -0.510. The Hall–Kier alpha value is -2.83. The Balaban J connectivity index is 1.53. The number of hydrogen-bond donors (Lipinski definition) is 1. The Morgan fingerprint density at radius 3 is 2.50 bits per heavy atom. The van der Waals surface area contributed by atoms with E-state index in [0.717, 1.165) is 26.8 Å². The van der Waals surface area contributed by atoms with E-state index in [1.54, 1.807) is 6.92 Å². The third-order valence-corrected chi connectivity index (χ3v) is 5.58. The highest BCUT2D eigenvalue weighted by molar-refractivity contribution is 9.10. The van der Waals surface area contributed by atoms with E-state index in [0.29, 0.717) is 19.8 Å². The molecule has 0 spiro atoms. The lowest BCUT2D eigenvalue weighted by Crippen LogP contribution is -2.26. The van der Waals surface area contributed by atoms with Gasteiger partial charge in [0, 0.05) is 28.3 Å². The molecule has 4 aromatic rings. The maximum atomic E-state index is 11.3. The molecule has 0 aliphatic carbocycles. The summed E-state index contributed by atoms with van der Waals surface area (Å²) in [5.74, 6) is -0.222. The fourth-order valence-electron chi connectivity index (χ4n) is 3.66. The Morgan fingerprint density at radius 1 is 1.03 bits per heavy atom. The number of hydrogen-bond acceptors (Lipinski definition) is 3. The quantitative estimate of drug-likeness (QED) is 0.365. The number of carbonyl (C=O) groups is 1. The molecular formula is C24H22BrNO4. The van der Waals surface area contributed by atoms with Gasteiger partial charge in [-0.3, -0.25) is 0 Å². The van der Waals surface area contributed by atoms with Crippen LogP contribution in [0.5, 0.6) is 5.75 Å². The van der Waals surface area contributed by atoms with E-state index in [2.05, 4.69) is 44.8 Å². The van der Waals surface area contributed by atoms with E-state index in [-0.39, 0.29) is 0 Å². The molecule has 1 N–H and O–H groups in total. The zero-order chi connectivity index (χ0) is 21.1. The van der Waals surface area contributed by atoms with Gasteiger partial charge in [0.15, 0.2) is 12.8 Å². The molecule has 0 fully saturated rings. The summed E-state index contributed by atoms with van der Waals surface area (Å²) in [6.45, 7) is 2.54. The van der Waals surface area contributed by atoms with Crippen molar-refractivity contribution in [2.75, 3.05) is 6.61 Å². The number of aromatic nitrogens is 1. The molecule has 0 aliphatic heterocycles. The molecule has 1 aromatic heterocycles. The molecule has 1 heterocycles. The lowest BCUT2D eigenvalue weighted by atomic mass is 10.1. The molecule has 0 aliphatic rings. The highest BCUT2D eigenvalue weighted by atomic mass is 79.9. The van der Waals surface area contributed by atoms with Crippen LogP contribution in [0.2, 0.25) is 0 Å². The van der Waals surface area contributed by atoms with Crippen LogP contribution in [0, 0.1) is 0 Å². The second kappa shape index (κ2) is 8.90. The smallest absolute Gasteiger partial charge is 0.333 e. The van der Waals surface area contributed by atoms with Crippen LogP contribution in [0.25, 0.3) is 21.8 Å². The summed E-state index contributed by atoms with van der Waals surface area (Å²) >= 11 is 3.56. The van der Waals surface area contributed by atoms with Crippen molar-refractivity contribution in [2.24, 2.45) is 0 Å². The van der Waals surface area contributed by atoms with Crippen LogP contribution in [0.4, 0.5) is 0 Å². The minimum Gasteiger partial charge on any atom is -0.479 e. The molecule has 154 valence electrons. The Morgan fingerprint density at radius 2 is 1.77 bits per heavy atom. The van der Waals surface area contributed by atoms with Gasteiger partial charge < -0.3 is 19.1 Å². The van der Waals surface area contributed by atoms with Gasteiger partial charge in [0.05, 0.1) is 11.0 Å². The van der Waals surface area contributed by atoms with Gasteiger partial charge in [-0.2, -0.15) is 0 Å². The molecule has 4 rings (SSSR count). The summed E-state index contributed by atoms with van der Waals surface area (Å²) in [6, 6.07) is 22.0. The van der Waals surface area contributed by atoms with Crippen molar-refractivity contribution in [3.05, 3.63) is 76.8 Å². The van der Waals surface area contributed by atoms with Crippen LogP contribution in [0.1, 0.15) is 12.5 Å². The van der Waals surface area contributed by atoms with Gasteiger partial charge in [-0.1, -0.05) is 46.3 Å². The molecular weight excluding hydrogens is 446 g/mol. The van der Waals surface area contributed by atoms with Gasteiger partial charge in [0.1, 0.15) is 5.75 Å². The fraction of sp³-hybridized carbons (Fsp3) is 0.208. The van der Waals surface area contributed by atoms with E-state index < -0.39 is 12.1 Å². The van der Waals surface area contributed by atoms with Crippen molar-refractivity contribution < 1.29 is 19.4 Å². The van der Waals surface area contributed by atoms with Crippen molar-refractivity contribution in [2.45, 2.75) is 26.2 Å². The van der Waals surface area contributed by atoms with E-state index in [4.69, 9.17) is 9.47 Å². The van der Waals surface area contributed by atoms with Crippen molar-refractivity contribution in [1.29, 1.82) is 0 Å². The lowest BCUT2D eigenvalue weighted by Gasteiger charge is -2.13. The molecule has 0 bridgehead atoms. The van der Waals surface area contributed by atoms with Crippen LogP contribution in [-0.4, -0.2) is 28.4 Å². The van der Waals surface area contributed by atoms with Crippen LogP contribution in [-0.2, 0) is 22.7 Å². The summed E-state index contributed by atoms with van der Waals surface area (Å²) in [5, 5.41) is 11.6. The third-order valence-electron chi connectivity index (χ3n) is 5.08. The molecule has 0 amide bonds. The lowest BCUT2D eigenvalue weighted by molar-refractivity contribution is -0.149. The van der Waals surface area contributed by atoms with Crippen molar-refractivity contribution in [1.82, 2.24) is 4.57 Å². The second-order valence-electron chi connectivity index (χ2n) is 7.01. The molecule has 6 heteroatoms. The SMILES string of the molecule is CCOC(Cc1ccc(OCn2c3ccccc3c3cc(Br)ccc32)cc1)C(=O)O. The number of para-hydroxylation sites is 1. The zero-order valence-corrected chi connectivity index (χ0v) is 18.1. The number of fused-ring (bicyclic) bond motifs is 3. The summed E-state index contributed by atoms with van der Waals surface area (Å²) in [5.41, 5.74) is 3.12. The number of halogens is 1. The number of ether oxygens (including phenoxy) is 2. The minimum atomic E-state index is -0.949. The van der Waals surface area contributed by atoms with E-state index in [1.807, 2.05) is 42.5 Å². The highest BCUT2D eigenvalue weighted by Crippen LogP contribution is 2.31. The van der Waals surface area contributed by atoms with Crippen molar-refractivity contribution in [3.63, 3.8) is 0 Å². The standard InChI is InChI=1S/C24H22BrNO4/c1-2-29-23(24(27)28)13-16-7-10-18(11-8-16)30-15-26-21-6-4-3-5-19(21)20-14-17(25)9-12-22(20)26/h3-12,14,23H,2,13,15H2,1H3,(H,27,28). The van der Waals surface area contributed by atoms with Gasteiger partial charge in [0.2, 0.25) is 0 Å². The highest BCUT2D eigenvalue weighted by Gasteiger charge is 2.18. The van der Waals surface area contributed by atoms with Crippen LogP contribution < -0.4 is 4.74 Å². The Labute approximate surface area is 183 Å². The maximum Gasteiger partial charge on any atom is 0.333 e. The average molecular weight is 468 g/mol. The Kier molecular flexibility index (Phi) is 6.06. The molecule has 0 radical (unpaired) electrons. The van der Waals surface area contributed by atoms with E-state index in [1.165, 1.54) is 10.8 Å². The molecule has 1 atom stereocenters. The van der Waals surface area contributed by atoms with Crippen LogP contribution in [0.15, 0.2) is 71.2 Å². The van der Waals surface area contributed by atoms with Gasteiger partial charge >= 0.3 is 5.97 Å². The first kappa shape index (κ1) is 20.4. The van der Waals surface area contributed by atoms with Crippen LogP contribution >= 0.6 is 15.9 Å². The first-order valence-corrected chi connectivity index (χ1v) is 10.6. The van der Waals surface area contributed by atoms with Gasteiger partial charge in [-0.15, -0.1) is 0 Å². The summed E-state index contributed by atoms with van der Waals surface area (Å²) < 4.78 is 14.5. The number of aliphatic carboxylic acids is 1. The van der Waals surface area contributed by atoms with E-state index in [9.17, 15) is 9.90 Å². The number of carboxylic acids is 1. The minimum absolute atomic E-state index is 0.325. The Bertz CT molecular complexity index is 1180. The first-order valence-electron chi connectivity index (χ1n) is 9.79. The van der Waals surface area contributed by atoms with Gasteiger partial charge in [0.25, 0.3) is 0 Å². The number of nitrogens with zero attached hydrogens (tertiary/aromatic N) is 1. The molecule has 30 heavy (non-hydrogen) atoms. The van der Waals surface area contributed by atoms with Gasteiger partial charge in [-0.05, 0) is 48.9 Å². The second-order valence-corrected chi connectivity index (χ2v) is 7.93. The monoisotopic (exact) mass is 467 g/mol. The van der Waals surface area contributed by atoms with Gasteiger partial charge in [-0.25, -0.2) is 4.79 Å². The largest absolute Gasteiger partial charge is 0.479 e. The number of carboxylic acid groups (broad SMARTS) is 1. The summed E-state index contributed by atoms with van der Waals surface area (Å²) in [7, 11) is 0. The molecule has 3 aromatic carbocycles. The average Bonchev–Trinajstić information content (AvgIpc) is 3.06. The summed E-state index contributed by atoms with van der Waals surface area (Å²) in [4.78, 5) is 11.3.